The van der Waals surface area contributed by atoms with Crippen LogP contribution in [0.4, 0.5) is 10.2 Å². The molecular weight excluding hydrogens is 297 g/mol. The van der Waals surface area contributed by atoms with Gasteiger partial charge in [0.2, 0.25) is 0 Å². The molecule has 3 nitrogen and oxygen atoms in total. The van der Waals surface area contributed by atoms with E-state index < -0.39 is 5.82 Å². The van der Waals surface area contributed by atoms with E-state index in [2.05, 4.69) is 15.3 Å². The fourth-order valence-corrected chi connectivity index (χ4v) is 3.06. The Morgan fingerprint density at radius 3 is 2.75 bits per heavy atom. The summed E-state index contributed by atoms with van der Waals surface area (Å²) in [6.07, 6.45) is 0. The Balaban J connectivity index is 2.22. The molecule has 0 aliphatic rings. The first-order valence-electron chi connectivity index (χ1n) is 6.00. The summed E-state index contributed by atoms with van der Waals surface area (Å²) in [4.78, 5) is 11.1. The maximum absolute atomic E-state index is 13.2. The van der Waals surface area contributed by atoms with E-state index in [0.29, 0.717) is 11.4 Å². The molecule has 0 saturated heterocycles. The van der Waals surface area contributed by atoms with E-state index >= 15 is 0 Å². The molecule has 2 heterocycles. The number of halogens is 2. The van der Waals surface area contributed by atoms with Gasteiger partial charge in [-0.3, -0.25) is 0 Å². The van der Waals surface area contributed by atoms with Crippen LogP contribution in [0.3, 0.4) is 0 Å². The molecule has 1 aromatic carbocycles. The van der Waals surface area contributed by atoms with Crippen molar-refractivity contribution in [3.05, 3.63) is 40.0 Å². The van der Waals surface area contributed by atoms with Gasteiger partial charge in [0.05, 0.1) is 10.4 Å². The van der Waals surface area contributed by atoms with Gasteiger partial charge >= 0.3 is 0 Å². The summed E-state index contributed by atoms with van der Waals surface area (Å²) in [6, 6.07) is 6.54. The zero-order valence-corrected chi connectivity index (χ0v) is 12.4. The number of hydrogen-bond acceptors (Lipinski definition) is 4. The first kappa shape index (κ1) is 13.3. The fourth-order valence-electron chi connectivity index (χ4n) is 2.00. The largest absolute Gasteiger partial charge is 0.372 e. The van der Waals surface area contributed by atoms with Crippen molar-refractivity contribution in [1.82, 2.24) is 9.97 Å². The Bertz CT molecular complexity index is 800. The lowest BCUT2D eigenvalue weighted by atomic mass is 10.2. The van der Waals surface area contributed by atoms with Crippen LogP contribution in [0.1, 0.15) is 4.88 Å². The van der Waals surface area contributed by atoms with Crippen LogP contribution in [0.5, 0.6) is 0 Å². The van der Waals surface area contributed by atoms with Crippen LogP contribution in [-0.4, -0.2) is 17.0 Å². The molecule has 0 fully saturated rings. The third kappa shape index (κ3) is 2.23. The topological polar surface area (TPSA) is 37.8 Å². The predicted molar refractivity (Wildman–Crippen MR) is 82.1 cm³/mol. The summed E-state index contributed by atoms with van der Waals surface area (Å²) in [5.41, 5.74) is 0.695. The summed E-state index contributed by atoms with van der Waals surface area (Å²) in [5.74, 6) is 0.845. The van der Waals surface area contributed by atoms with E-state index in [1.807, 2.05) is 20.0 Å². The number of aromatic nitrogens is 2. The van der Waals surface area contributed by atoms with E-state index in [4.69, 9.17) is 11.6 Å². The number of anilines is 1. The third-order valence-electron chi connectivity index (χ3n) is 2.93. The van der Waals surface area contributed by atoms with Crippen LogP contribution in [0.15, 0.2) is 24.3 Å². The summed E-state index contributed by atoms with van der Waals surface area (Å²) < 4.78 is 13.2. The van der Waals surface area contributed by atoms with Crippen molar-refractivity contribution >= 4 is 39.0 Å². The maximum atomic E-state index is 13.2. The zero-order valence-electron chi connectivity index (χ0n) is 10.9. The lowest BCUT2D eigenvalue weighted by Crippen LogP contribution is -1.97. The highest BCUT2D eigenvalue weighted by Crippen LogP contribution is 2.31. The Hall–Kier alpha value is -1.72. The molecule has 0 aliphatic carbocycles. The van der Waals surface area contributed by atoms with Gasteiger partial charge in [-0.2, -0.15) is 0 Å². The van der Waals surface area contributed by atoms with Gasteiger partial charge in [0.25, 0.3) is 0 Å². The van der Waals surface area contributed by atoms with Gasteiger partial charge in [0.15, 0.2) is 5.82 Å². The van der Waals surface area contributed by atoms with Crippen LogP contribution in [0.2, 0.25) is 5.02 Å². The highest BCUT2D eigenvalue weighted by atomic mass is 35.5. The number of aryl methyl sites for hydroxylation is 1. The minimum absolute atomic E-state index is 0.0690. The Morgan fingerprint density at radius 1 is 1.25 bits per heavy atom. The van der Waals surface area contributed by atoms with Crippen molar-refractivity contribution in [3.8, 4) is 11.4 Å². The molecule has 0 atom stereocenters. The summed E-state index contributed by atoms with van der Waals surface area (Å²) in [6.45, 7) is 2.03. The lowest BCUT2D eigenvalue weighted by Gasteiger charge is -2.06. The van der Waals surface area contributed by atoms with Crippen LogP contribution >= 0.6 is 22.9 Å². The average molecular weight is 308 g/mol. The normalized spacial score (nSPS) is 11.0. The number of nitrogens with one attached hydrogen (secondary N) is 1. The van der Waals surface area contributed by atoms with Crippen LogP contribution in [-0.2, 0) is 0 Å². The number of nitrogens with zero attached hydrogens (tertiary/aromatic N) is 2. The maximum Gasteiger partial charge on any atom is 0.163 e. The Labute approximate surface area is 124 Å². The molecule has 3 rings (SSSR count). The first-order valence-corrected chi connectivity index (χ1v) is 7.19. The number of hydrogen-bond donors (Lipinski definition) is 1. The van der Waals surface area contributed by atoms with E-state index in [0.717, 1.165) is 16.0 Å². The number of rotatable bonds is 2. The van der Waals surface area contributed by atoms with Crippen molar-refractivity contribution in [3.63, 3.8) is 0 Å². The Morgan fingerprint density at radius 2 is 2.05 bits per heavy atom. The van der Waals surface area contributed by atoms with E-state index in [9.17, 15) is 4.39 Å². The molecule has 0 saturated carbocycles. The van der Waals surface area contributed by atoms with Crippen LogP contribution in [0, 0.1) is 12.7 Å². The van der Waals surface area contributed by atoms with Gasteiger partial charge in [0.1, 0.15) is 16.5 Å². The molecule has 102 valence electrons. The van der Waals surface area contributed by atoms with Gasteiger partial charge in [-0.25, -0.2) is 14.4 Å². The van der Waals surface area contributed by atoms with Gasteiger partial charge in [-0.1, -0.05) is 11.6 Å². The van der Waals surface area contributed by atoms with Crippen LogP contribution in [0.25, 0.3) is 21.6 Å². The molecule has 2 aromatic heterocycles. The molecule has 0 bridgehead atoms. The molecule has 0 aliphatic heterocycles. The Kier molecular flexibility index (Phi) is 3.31. The summed E-state index contributed by atoms with van der Waals surface area (Å²) >= 11 is 7.42. The SMILES string of the molecule is CNc1nc(-c2ccc(F)c(Cl)c2)nc2sc(C)cc12. The molecule has 6 heteroatoms. The predicted octanol–water partition coefficient (Wildman–Crippen LogP) is 4.50. The van der Waals surface area contributed by atoms with E-state index in [1.165, 1.54) is 17.0 Å². The highest BCUT2D eigenvalue weighted by molar-refractivity contribution is 7.18. The minimum atomic E-state index is -0.447. The van der Waals surface area contributed by atoms with E-state index in [-0.39, 0.29) is 5.02 Å². The molecule has 3 aromatic rings. The second-order valence-electron chi connectivity index (χ2n) is 4.35. The quantitative estimate of drug-likeness (QED) is 0.757. The van der Waals surface area contributed by atoms with Crippen molar-refractivity contribution in [1.29, 1.82) is 0 Å². The highest BCUT2D eigenvalue weighted by Gasteiger charge is 2.12. The smallest absolute Gasteiger partial charge is 0.163 e. The average Bonchev–Trinajstić information content (AvgIpc) is 2.80. The van der Waals surface area contributed by atoms with Gasteiger partial charge in [-0.15, -0.1) is 11.3 Å². The second kappa shape index (κ2) is 5.00. The fraction of sp³-hybridized carbons (Fsp3) is 0.143. The molecule has 0 spiro atoms. The van der Waals surface area contributed by atoms with Crippen molar-refractivity contribution in [2.75, 3.05) is 12.4 Å². The monoisotopic (exact) mass is 307 g/mol. The van der Waals surface area contributed by atoms with Gasteiger partial charge in [0, 0.05) is 17.5 Å². The van der Waals surface area contributed by atoms with Crippen LogP contribution < -0.4 is 5.32 Å². The van der Waals surface area contributed by atoms with E-state index in [1.54, 1.807) is 17.4 Å². The minimum Gasteiger partial charge on any atom is -0.372 e. The lowest BCUT2D eigenvalue weighted by molar-refractivity contribution is 0.628. The summed E-state index contributed by atoms with van der Waals surface area (Å²) in [7, 11) is 1.82. The molecule has 0 radical (unpaired) electrons. The van der Waals surface area contributed by atoms with Gasteiger partial charge in [-0.05, 0) is 31.2 Å². The number of benzene rings is 1. The number of thiophene rings is 1. The van der Waals surface area contributed by atoms with Crippen molar-refractivity contribution in [2.45, 2.75) is 6.92 Å². The molecule has 0 amide bonds. The third-order valence-corrected chi connectivity index (χ3v) is 4.16. The molecule has 0 unspecified atom stereocenters. The van der Waals surface area contributed by atoms with Gasteiger partial charge < -0.3 is 5.32 Å². The molecular formula is C14H11ClFN3S. The zero-order chi connectivity index (χ0) is 14.3. The summed E-state index contributed by atoms with van der Waals surface area (Å²) in [5, 5.41) is 4.13. The molecule has 20 heavy (non-hydrogen) atoms. The first-order chi connectivity index (χ1) is 9.58. The number of fused-ring (bicyclic) bond motifs is 1. The van der Waals surface area contributed by atoms with Crippen molar-refractivity contribution < 1.29 is 4.39 Å². The molecule has 1 N–H and O–H groups in total. The standard InChI is InChI=1S/C14H11ClFN3S/c1-7-5-9-13(17-2)18-12(19-14(9)20-7)8-3-4-11(16)10(15)6-8/h3-6H,1-2H3,(H,17,18,19). The second-order valence-corrected chi connectivity index (χ2v) is 5.99. The van der Waals surface area contributed by atoms with Crippen molar-refractivity contribution in [2.24, 2.45) is 0 Å².